The van der Waals surface area contributed by atoms with Crippen molar-refractivity contribution in [3.63, 3.8) is 0 Å². The highest BCUT2D eigenvalue weighted by Gasteiger charge is 2.64. The summed E-state index contributed by atoms with van der Waals surface area (Å²) in [4.78, 5) is 15.6. The number of carbonyl (C=O) groups excluding carboxylic acids is 1. The second kappa shape index (κ2) is 8.43. The fourth-order valence-electron chi connectivity index (χ4n) is 4.99. The molecule has 2 heterocycles. The Balaban J connectivity index is 1.99. The van der Waals surface area contributed by atoms with Crippen LogP contribution >= 0.6 is 0 Å². The molecule has 1 saturated heterocycles. The molecule has 174 valence electrons. The van der Waals surface area contributed by atoms with Crippen molar-refractivity contribution in [2.24, 2.45) is 5.41 Å². The molecule has 0 spiro atoms. The summed E-state index contributed by atoms with van der Waals surface area (Å²) in [5, 5.41) is 20.9. The van der Waals surface area contributed by atoms with Gasteiger partial charge in [-0.05, 0) is 50.1 Å². The first-order valence-electron chi connectivity index (χ1n) is 11.0. The maximum Gasteiger partial charge on any atom is 0.330 e. The Kier molecular flexibility index (Phi) is 5.75. The van der Waals surface area contributed by atoms with Crippen LogP contribution in [0.2, 0.25) is 0 Å². The number of hydrogen-bond acceptors (Lipinski definition) is 7. The second-order valence-electron chi connectivity index (χ2n) is 9.43. The zero-order valence-electron chi connectivity index (χ0n) is 19.9. The summed E-state index contributed by atoms with van der Waals surface area (Å²) in [6.07, 6.45) is 3.75. The van der Waals surface area contributed by atoms with E-state index in [1.807, 2.05) is 41.3 Å². The molecule has 3 atom stereocenters. The van der Waals surface area contributed by atoms with E-state index in [2.05, 4.69) is 12.1 Å². The van der Waals surface area contributed by atoms with Crippen LogP contribution in [-0.4, -0.2) is 37.9 Å². The van der Waals surface area contributed by atoms with Crippen molar-refractivity contribution in [3.05, 3.63) is 59.7 Å². The van der Waals surface area contributed by atoms with Gasteiger partial charge in [0, 0.05) is 11.6 Å². The van der Waals surface area contributed by atoms with Crippen molar-refractivity contribution in [1.82, 2.24) is 0 Å². The van der Waals surface area contributed by atoms with E-state index in [0.29, 0.717) is 17.1 Å². The number of ether oxygens (including phenoxy) is 3. The number of carbonyl (C=O) groups is 1. The minimum atomic E-state index is -1.55. The number of para-hydroxylation sites is 1. The zero-order valence-corrected chi connectivity index (χ0v) is 19.9. The van der Waals surface area contributed by atoms with E-state index < -0.39 is 35.0 Å². The van der Waals surface area contributed by atoms with E-state index in [1.54, 1.807) is 39.0 Å². The summed E-state index contributed by atoms with van der Waals surface area (Å²) in [5.41, 5.74) is 0.0148. The normalized spacial score (nSPS) is 22.1. The Morgan fingerprint density at radius 3 is 2.32 bits per heavy atom. The van der Waals surface area contributed by atoms with Crippen molar-refractivity contribution in [2.45, 2.75) is 44.4 Å². The first kappa shape index (κ1) is 23.2. The fraction of sp³-hybridized carbons (Fsp3) is 0.370. The van der Waals surface area contributed by atoms with Crippen molar-refractivity contribution >= 4 is 17.7 Å². The van der Waals surface area contributed by atoms with Crippen molar-refractivity contribution in [2.75, 3.05) is 19.1 Å². The summed E-state index contributed by atoms with van der Waals surface area (Å²) in [5.74, 6) is -0.332. The van der Waals surface area contributed by atoms with Gasteiger partial charge in [0.25, 0.3) is 0 Å². The number of methoxy groups -OCH3 is 2. The molecule has 2 aromatic rings. The predicted octanol–water partition coefficient (Wildman–Crippen LogP) is 4.45. The van der Waals surface area contributed by atoms with Gasteiger partial charge in [-0.3, -0.25) is 0 Å². The fourth-order valence-corrected chi connectivity index (χ4v) is 4.99. The number of nitrogens with zero attached hydrogens (tertiary/aromatic N) is 3. The molecule has 0 bridgehead atoms. The molecule has 34 heavy (non-hydrogen) atoms. The van der Waals surface area contributed by atoms with Crippen LogP contribution in [0.1, 0.15) is 37.8 Å². The molecule has 0 aliphatic carbocycles. The van der Waals surface area contributed by atoms with Crippen LogP contribution in [0.15, 0.2) is 48.5 Å². The number of hydrogen-bond donors (Lipinski definition) is 0. The molecule has 1 fully saturated rings. The summed E-state index contributed by atoms with van der Waals surface area (Å²) in [6.45, 7) is 5.40. The number of esters is 1. The van der Waals surface area contributed by atoms with Gasteiger partial charge in [0.15, 0.2) is 16.9 Å². The summed E-state index contributed by atoms with van der Waals surface area (Å²) in [6, 6.07) is 15.9. The average Bonchev–Trinajstić information content (AvgIpc) is 3.13. The molecule has 2 aromatic carbocycles. The molecule has 4 rings (SSSR count). The molecule has 0 unspecified atom stereocenters. The third-order valence-electron chi connectivity index (χ3n) is 6.33. The van der Waals surface area contributed by atoms with Crippen molar-refractivity contribution in [1.29, 1.82) is 10.5 Å². The highest BCUT2D eigenvalue weighted by molar-refractivity contribution is 5.88. The second-order valence-corrected chi connectivity index (χ2v) is 9.43. The number of anilines is 1. The van der Waals surface area contributed by atoms with Crippen molar-refractivity contribution in [3.8, 4) is 23.6 Å². The first-order valence-corrected chi connectivity index (χ1v) is 11.0. The number of rotatable bonds is 4. The van der Waals surface area contributed by atoms with Crippen molar-refractivity contribution < 1.29 is 19.0 Å². The molecule has 7 heteroatoms. The molecule has 0 saturated carbocycles. The molecule has 0 aromatic heterocycles. The van der Waals surface area contributed by atoms with Crippen LogP contribution in [0.5, 0.6) is 11.5 Å². The molecular formula is C27H27N3O4. The quantitative estimate of drug-likeness (QED) is 0.626. The number of benzene rings is 2. The van der Waals surface area contributed by atoms with E-state index in [-0.39, 0.29) is 0 Å². The molecule has 0 radical (unpaired) electrons. The van der Waals surface area contributed by atoms with Gasteiger partial charge < -0.3 is 19.1 Å². The maximum atomic E-state index is 13.7. The lowest BCUT2D eigenvalue weighted by Crippen LogP contribution is -2.46. The lowest BCUT2D eigenvalue weighted by molar-refractivity contribution is -0.156. The van der Waals surface area contributed by atoms with Gasteiger partial charge in [0.2, 0.25) is 0 Å². The van der Waals surface area contributed by atoms with E-state index in [4.69, 9.17) is 14.2 Å². The van der Waals surface area contributed by atoms with Crippen LogP contribution in [0.25, 0.3) is 6.08 Å². The highest BCUT2D eigenvalue weighted by Crippen LogP contribution is 2.56. The summed E-state index contributed by atoms with van der Waals surface area (Å²) >= 11 is 0. The number of fused-ring (bicyclic) bond motifs is 3. The van der Waals surface area contributed by atoms with Crippen LogP contribution in [0, 0.1) is 28.1 Å². The third kappa shape index (κ3) is 3.54. The van der Waals surface area contributed by atoms with Gasteiger partial charge in [-0.25, -0.2) is 4.79 Å². The Hall–Kier alpha value is -3.97. The third-order valence-corrected chi connectivity index (χ3v) is 6.33. The minimum Gasteiger partial charge on any atom is -0.493 e. The van der Waals surface area contributed by atoms with E-state index in [9.17, 15) is 15.3 Å². The molecular weight excluding hydrogens is 430 g/mol. The summed E-state index contributed by atoms with van der Waals surface area (Å²) < 4.78 is 16.7. The van der Waals surface area contributed by atoms with Gasteiger partial charge in [-0.2, -0.15) is 10.5 Å². The van der Waals surface area contributed by atoms with E-state index in [1.165, 1.54) is 14.2 Å². The predicted molar refractivity (Wildman–Crippen MR) is 127 cm³/mol. The van der Waals surface area contributed by atoms with Crippen LogP contribution in [-0.2, 0) is 9.53 Å². The van der Waals surface area contributed by atoms with Crippen LogP contribution < -0.4 is 14.4 Å². The smallest absolute Gasteiger partial charge is 0.330 e. The lowest BCUT2D eigenvalue weighted by Gasteiger charge is -2.36. The molecule has 7 nitrogen and oxygen atoms in total. The van der Waals surface area contributed by atoms with Gasteiger partial charge in [0.1, 0.15) is 11.6 Å². The molecule has 2 aliphatic heterocycles. The van der Waals surface area contributed by atoms with Gasteiger partial charge in [-0.15, -0.1) is 0 Å². The van der Waals surface area contributed by atoms with E-state index in [0.717, 1.165) is 11.3 Å². The van der Waals surface area contributed by atoms with Gasteiger partial charge in [-0.1, -0.05) is 36.4 Å². The van der Waals surface area contributed by atoms with Crippen LogP contribution in [0.4, 0.5) is 5.69 Å². The number of nitriles is 2. The molecule has 0 N–H and O–H groups in total. The van der Waals surface area contributed by atoms with Crippen LogP contribution in [0.3, 0.4) is 0 Å². The summed E-state index contributed by atoms with van der Waals surface area (Å²) in [7, 11) is 3.05. The first-order chi connectivity index (χ1) is 16.2. The maximum absolute atomic E-state index is 13.7. The Morgan fingerprint density at radius 1 is 1.03 bits per heavy atom. The lowest BCUT2D eigenvalue weighted by atomic mass is 9.70. The van der Waals surface area contributed by atoms with E-state index >= 15 is 0 Å². The topological polar surface area (TPSA) is 95.6 Å². The van der Waals surface area contributed by atoms with Gasteiger partial charge >= 0.3 is 5.97 Å². The average molecular weight is 458 g/mol. The molecule has 2 aliphatic rings. The zero-order chi connectivity index (χ0) is 24.7. The standard InChI is InChI=1S/C27H27N3O4/c1-26(2,3)34-25(31)24-23(18-10-12-20(32-4)21(14-18)33-5)27(15-28,16-29)22-13-11-17-8-6-7-9-19(17)30(22)24/h6-14,22-24H,1-5H3/t22-,23+,24+/m0/s1. The Labute approximate surface area is 199 Å². The Morgan fingerprint density at radius 2 is 1.71 bits per heavy atom. The highest BCUT2D eigenvalue weighted by atomic mass is 16.6. The monoisotopic (exact) mass is 457 g/mol. The molecule has 0 amide bonds. The SMILES string of the molecule is COc1ccc([C@@H]2[C@H](C(=O)OC(C)(C)C)N3c4ccccc4C=C[C@H]3C2(C#N)C#N)cc1OC. The minimum absolute atomic E-state index is 0.452. The van der Waals surface area contributed by atoms with Gasteiger partial charge in [0.05, 0.1) is 32.4 Å². The Bertz CT molecular complexity index is 1220. The largest absolute Gasteiger partial charge is 0.493 e.